The first-order chi connectivity index (χ1) is 15.0. The van der Waals surface area contributed by atoms with Gasteiger partial charge in [-0.25, -0.2) is 4.98 Å². The van der Waals surface area contributed by atoms with Gasteiger partial charge < -0.3 is 4.90 Å². The molecule has 1 saturated carbocycles. The Hall–Kier alpha value is -2.21. The monoisotopic (exact) mass is 424 g/mol. The molecule has 168 valence electrons. The zero-order chi connectivity index (χ0) is 22.0. The molecule has 0 bridgehead atoms. The van der Waals surface area contributed by atoms with Gasteiger partial charge in [-0.3, -0.25) is 19.1 Å². The minimum absolute atomic E-state index is 0.0423. The van der Waals surface area contributed by atoms with Crippen LogP contribution in [0.15, 0.2) is 29.1 Å². The maximum Gasteiger partial charge on any atom is 0.261 e. The number of amides is 1. The van der Waals surface area contributed by atoms with Gasteiger partial charge in [-0.1, -0.05) is 38.3 Å². The molecule has 2 heterocycles. The standard InChI is InChI=1S/C25H36N4O2/c1-4-22(23-26-21-14-10-9-13-20(21)25(31)28(23)5-2)27-15-16-29(18(3)17-27)24(30)19-11-7-6-8-12-19/h9-10,13-14,18-19,22H,4-8,11-12,15-17H2,1-3H3. The zero-order valence-electron chi connectivity index (χ0n) is 19.2. The Morgan fingerprint density at radius 1 is 1.13 bits per heavy atom. The van der Waals surface area contributed by atoms with Crippen LogP contribution < -0.4 is 5.56 Å². The van der Waals surface area contributed by atoms with Gasteiger partial charge in [0.25, 0.3) is 5.56 Å². The highest BCUT2D eigenvalue weighted by Gasteiger charge is 2.35. The highest BCUT2D eigenvalue weighted by molar-refractivity contribution is 5.79. The van der Waals surface area contributed by atoms with E-state index in [-0.39, 0.29) is 23.6 Å². The average Bonchev–Trinajstić information content (AvgIpc) is 2.80. The molecule has 2 fully saturated rings. The average molecular weight is 425 g/mol. The lowest BCUT2D eigenvalue weighted by Crippen LogP contribution is -2.56. The highest BCUT2D eigenvalue weighted by atomic mass is 16.2. The van der Waals surface area contributed by atoms with E-state index in [1.165, 1.54) is 19.3 Å². The van der Waals surface area contributed by atoms with Crippen LogP contribution in [0.4, 0.5) is 0 Å². The Labute approximate surface area is 185 Å². The highest BCUT2D eigenvalue weighted by Crippen LogP contribution is 2.30. The van der Waals surface area contributed by atoms with Crippen molar-refractivity contribution in [2.75, 3.05) is 19.6 Å². The summed E-state index contributed by atoms with van der Waals surface area (Å²) in [5.74, 6) is 1.43. The maximum atomic E-state index is 13.1. The molecule has 0 spiro atoms. The van der Waals surface area contributed by atoms with Crippen molar-refractivity contribution in [3.8, 4) is 0 Å². The third-order valence-electron chi connectivity index (χ3n) is 7.23. The molecule has 2 atom stereocenters. The molecule has 6 heteroatoms. The Balaban J connectivity index is 1.57. The molecule has 2 unspecified atom stereocenters. The molecule has 4 rings (SSSR count). The van der Waals surface area contributed by atoms with E-state index in [1.807, 2.05) is 35.8 Å². The van der Waals surface area contributed by atoms with Crippen molar-refractivity contribution in [1.82, 2.24) is 19.4 Å². The summed E-state index contributed by atoms with van der Waals surface area (Å²) in [6, 6.07) is 7.88. The van der Waals surface area contributed by atoms with Gasteiger partial charge in [-0.15, -0.1) is 0 Å². The number of benzene rings is 1. The molecule has 1 aromatic carbocycles. The number of carbonyl (C=O) groups excluding carboxylic acids is 1. The van der Waals surface area contributed by atoms with Crippen LogP contribution in [-0.2, 0) is 11.3 Å². The predicted molar refractivity (Wildman–Crippen MR) is 124 cm³/mol. The van der Waals surface area contributed by atoms with Crippen LogP contribution in [-0.4, -0.2) is 50.9 Å². The van der Waals surface area contributed by atoms with Crippen molar-refractivity contribution in [2.24, 2.45) is 5.92 Å². The Kier molecular flexibility index (Phi) is 6.75. The van der Waals surface area contributed by atoms with Gasteiger partial charge in [0.2, 0.25) is 5.91 Å². The van der Waals surface area contributed by atoms with Gasteiger partial charge in [0.15, 0.2) is 0 Å². The quantitative estimate of drug-likeness (QED) is 0.728. The molecule has 6 nitrogen and oxygen atoms in total. The van der Waals surface area contributed by atoms with E-state index >= 15 is 0 Å². The van der Waals surface area contributed by atoms with E-state index in [2.05, 4.69) is 23.6 Å². The molecular formula is C25H36N4O2. The smallest absolute Gasteiger partial charge is 0.261 e. The summed E-state index contributed by atoms with van der Waals surface area (Å²) in [6.07, 6.45) is 6.62. The van der Waals surface area contributed by atoms with Crippen molar-refractivity contribution in [1.29, 1.82) is 0 Å². The van der Waals surface area contributed by atoms with Gasteiger partial charge in [0.1, 0.15) is 5.82 Å². The molecule has 1 amide bonds. The van der Waals surface area contributed by atoms with E-state index in [0.29, 0.717) is 17.8 Å². The largest absolute Gasteiger partial charge is 0.337 e. The molecular weight excluding hydrogens is 388 g/mol. The maximum absolute atomic E-state index is 13.1. The first-order valence-electron chi connectivity index (χ1n) is 12.1. The second-order valence-electron chi connectivity index (χ2n) is 9.17. The lowest BCUT2D eigenvalue weighted by atomic mass is 9.87. The minimum atomic E-state index is 0.0423. The number of nitrogens with zero attached hydrogens (tertiary/aromatic N) is 4. The molecule has 0 radical (unpaired) electrons. The van der Waals surface area contributed by atoms with Crippen molar-refractivity contribution in [3.05, 3.63) is 40.4 Å². The summed E-state index contributed by atoms with van der Waals surface area (Å²) >= 11 is 0. The van der Waals surface area contributed by atoms with Gasteiger partial charge in [0, 0.05) is 38.1 Å². The number of carbonyl (C=O) groups is 1. The molecule has 1 aliphatic carbocycles. The van der Waals surface area contributed by atoms with E-state index < -0.39 is 0 Å². The van der Waals surface area contributed by atoms with Crippen LogP contribution in [0.2, 0.25) is 0 Å². The Morgan fingerprint density at radius 3 is 2.55 bits per heavy atom. The van der Waals surface area contributed by atoms with Crippen LogP contribution in [0, 0.1) is 5.92 Å². The number of fused-ring (bicyclic) bond motifs is 1. The van der Waals surface area contributed by atoms with Gasteiger partial charge in [0.05, 0.1) is 16.9 Å². The lowest BCUT2D eigenvalue weighted by molar-refractivity contribution is -0.141. The van der Waals surface area contributed by atoms with Gasteiger partial charge >= 0.3 is 0 Å². The van der Waals surface area contributed by atoms with Crippen LogP contribution in [0.25, 0.3) is 10.9 Å². The summed E-state index contributed by atoms with van der Waals surface area (Å²) < 4.78 is 1.83. The molecule has 1 saturated heterocycles. The molecule has 2 aromatic rings. The third-order valence-corrected chi connectivity index (χ3v) is 7.23. The van der Waals surface area contributed by atoms with E-state index in [1.54, 1.807) is 0 Å². The molecule has 2 aliphatic rings. The number of hydrogen-bond acceptors (Lipinski definition) is 4. The van der Waals surface area contributed by atoms with Gasteiger partial charge in [-0.05, 0) is 45.2 Å². The topological polar surface area (TPSA) is 58.4 Å². The van der Waals surface area contributed by atoms with Crippen LogP contribution in [0.5, 0.6) is 0 Å². The molecule has 1 aliphatic heterocycles. The SMILES string of the molecule is CCC(c1nc2ccccc2c(=O)n1CC)N1CCN(C(=O)C2CCCCC2)C(C)C1. The zero-order valence-corrected chi connectivity index (χ0v) is 19.2. The summed E-state index contributed by atoms with van der Waals surface area (Å²) in [5.41, 5.74) is 0.811. The van der Waals surface area contributed by atoms with Crippen molar-refractivity contribution >= 4 is 16.8 Å². The fourth-order valence-electron chi connectivity index (χ4n) is 5.53. The number of rotatable bonds is 5. The lowest BCUT2D eigenvalue weighted by Gasteiger charge is -2.44. The predicted octanol–water partition coefficient (Wildman–Crippen LogP) is 3.98. The van der Waals surface area contributed by atoms with Crippen LogP contribution in [0.3, 0.4) is 0 Å². The second kappa shape index (κ2) is 9.51. The Bertz CT molecular complexity index is 979. The van der Waals surface area contributed by atoms with Crippen molar-refractivity contribution in [3.63, 3.8) is 0 Å². The molecule has 1 aromatic heterocycles. The number of piperazine rings is 1. The van der Waals surface area contributed by atoms with Crippen LogP contribution >= 0.6 is 0 Å². The number of hydrogen-bond donors (Lipinski definition) is 0. The van der Waals surface area contributed by atoms with E-state index in [9.17, 15) is 9.59 Å². The fraction of sp³-hybridized carbons (Fsp3) is 0.640. The summed E-state index contributed by atoms with van der Waals surface area (Å²) in [5, 5.41) is 0.680. The first-order valence-corrected chi connectivity index (χ1v) is 12.1. The van der Waals surface area contributed by atoms with Gasteiger partial charge in [-0.2, -0.15) is 0 Å². The summed E-state index contributed by atoms with van der Waals surface area (Å²) in [7, 11) is 0. The van der Waals surface area contributed by atoms with Crippen molar-refractivity contribution in [2.45, 2.75) is 77.9 Å². The second-order valence-corrected chi connectivity index (χ2v) is 9.17. The fourth-order valence-corrected chi connectivity index (χ4v) is 5.53. The van der Waals surface area contributed by atoms with E-state index in [4.69, 9.17) is 4.98 Å². The van der Waals surface area contributed by atoms with Crippen molar-refractivity contribution < 1.29 is 4.79 Å². The number of para-hydroxylation sites is 1. The first kappa shape index (κ1) is 22.0. The molecule has 0 N–H and O–H groups in total. The number of aromatic nitrogens is 2. The third kappa shape index (κ3) is 4.27. The van der Waals surface area contributed by atoms with E-state index in [0.717, 1.165) is 50.2 Å². The Morgan fingerprint density at radius 2 is 1.87 bits per heavy atom. The summed E-state index contributed by atoms with van der Waals surface area (Å²) in [4.78, 5) is 35.7. The minimum Gasteiger partial charge on any atom is -0.337 e. The van der Waals surface area contributed by atoms with Crippen LogP contribution in [0.1, 0.15) is 71.2 Å². The summed E-state index contributed by atoms with van der Waals surface area (Å²) in [6.45, 7) is 9.36. The molecule has 31 heavy (non-hydrogen) atoms. The normalized spacial score (nSPS) is 22.0.